The fraction of sp³-hybridized carbons (Fsp3) is 0.273. The topological polar surface area (TPSA) is 52.9 Å². The van der Waals surface area contributed by atoms with E-state index in [0.717, 1.165) is 29.5 Å². The minimum atomic E-state index is -1.01. The molecule has 0 radical (unpaired) electrons. The van der Waals surface area contributed by atoms with E-state index in [1.54, 1.807) is 12.1 Å². The monoisotopic (exact) mass is 448 g/mol. The van der Waals surface area contributed by atoms with Crippen molar-refractivity contribution in [3.8, 4) is 0 Å². The Labute approximate surface area is 182 Å². The normalized spacial score (nSPS) is 23.2. The number of allylic oxidation sites excluding steroid dienone is 1. The van der Waals surface area contributed by atoms with Crippen LogP contribution in [0.15, 0.2) is 58.1 Å². The molecule has 0 saturated carbocycles. The van der Waals surface area contributed by atoms with Crippen molar-refractivity contribution in [2.24, 2.45) is 10.9 Å². The molecule has 2 unspecified atom stereocenters. The molecular formula is C22H19ClF2N2O2S. The van der Waals surface area contributed by atoms with E-state index in [1.807, 2.05) is 37.8 Å². The quantitative estimate of drug-likeness (QED) is 0.628. The van der Waals surface area contributed by atoms with Gasteiger partial charge in [0.1, 0.15) is 10.4 Å². The van der Waals surface area contributed by atoms with Gasteiger partial charge in [0.2, 0.25) is 0 Å². The smallest absolute Gasteiger partial charge is 0.344 e. The summed E-state index contributed by atoms with van der Waals surface area (Å²) in [7, 11) is 0. The SMILES string of the molecule is CC(C)C1=C(C(=O)O)SC2=NC(C)(c3ccc(F)c(F)c3)C(c3ccc(Cl)cc3)N21. The van der Waals surface area contributed by atoms with Crippen LogP contribution in [0.1, 0.15) is 37.9 Å². The molecule has 0 aromatic heterocycles. The van der Waals surface area contributed by atoms with Crippen LogP contribution in [0.4, 0.5) is 8.78 Å². The van der Waals surface area contributed by atoms with E-state index < -0.39 is 29.2 Å². The fourth-order valence-corrected chi connectivity index (χ4v) is 5.46. The Morgan fingerprint density at radius 3 is 2.43 bits per heavy atom. The number of benzene rings is 2. The summed E-state index contributed by atoms with van der Waals surface area (Å²) in [6.07, 6.45) is 0. The first kappa shape index (κ1) is 20.9. The largest absolute Gasteiger partial charge is 0.477 e. The van der Waals surface area contributed by atoms with Gasteiger partial charge >= 0.3 is 5.97 Å². The zero-order valence-corrected chi connectivity index (χ0v) is 18.1. The predicted octanol–water partition coefficient (Wildman–Crippen LogP) is 5.95. The zero-order chi connectivity index (χ0) is 21.8. The average molecular weight is 449 g/mol. The molecule has 30 heavy (non-hydrogen) atoms. The van der Waals surface area contributed by atoms with Crippen molar-refractivity contribution in [3.63, 3.8) is 0 Å². The molecule has 2 aliphatic heterocycles. The molecule has 2 aromatic carbocycles. The Balaban J connectivity index is 1.93. The summed E-state index contributed by atoms with van der Waals surface area (Å²) < 4.78 is 27.7. The maximum absolute atomic E-state index is 14.1. The standard InChI is InChI=1S/C22H19ClF2N2O2S/c1-11(2)17-18(20(28)29)30-21-26-22(3,13-6-9-15(24)16(25)10-13)19(27(17)21)12-4-7-14(23)8-5-12/h4-11,19H,1-3H3,(H,28,29). The highest BCUT2D eigenvalue weighted by atomic mass is 35.5. The zero-order valence-electron chi connectivity index (χ0n) is 16.5. The van der Waals surface area contributed by atoms with Crippen molar-refractivity contribution in [1.29, 1.82) is 0 Å². The first-order chi connectivity index (χ1) is 14.1. The molecule has 2 aliphatic rings. The summed E-state index contributed by atoms with van der Waals surface area (Å²) in [4.78, 5) is 18.9. The number of hydrogen-bond acceptors (Lipinski definition) is 4. The van der Waals surface area contributed by atoms with Crippen LogP contribution in [0.25, 0.3) is 0 Å². The van der Waals surface area contributed by atoms with Crippen LogP contribution in [0.2, 0.25) is 5.02 Å². The number of halogens is 3. The first-order valence-electron chi connectivity index (χ1n) is 9.39. The number of nitrogens with zero attached hydrogens (tertiary/aromatic N) is 2. The van der Waals surface area contributed by atoms with Gasteiger partial charge in [-0.15, -0.1) is 0 Å². The van der Waals surface area contributed by atoms with Crippen LogP contribution in [0.3, 0.4) is 0 Å². The Bertz CT molecular complexity index is 1100. The molecule has 156 valence electrons. The molecule has 0 saturated heterocycles. The van der Waals surface area contributed by atoms with E-state index in [4.69, 9.17) is 16.6 Å². The van der Waals surface area contributed by atoms with Crippen LogP contribution in [0.5, 0.6) is 0 Å². The van der Waals surface area contributed by atoms with Gasteiger partial charge in [-0.2, -0.15) is 0 Å². The van der Waals surface area contributed by atoms with E-state index in [1.165, 1.54) is 6.07 Å². The van der Waals surface area contributed by atoms with Crippen LogP contribution in [-0.4, -0.2) is 21.1 Å². The summed E-state index contributed by atoms with van der Waals surface area (Å²) in [5.74, 6) is -2.97. The third-order valence-corrected chi connectivity index (χ3v) is 6.75. The Morgan fingerprint density at radius 2 is 1.87 bits per heavy atom. The van der Waals surface area contributed by atoms with Gasteiger partial charge in [0.05, 0.1) is 6.04 Å². The molecule has 4 nitrogen and oxygen atoms in total. The summed E-state index contributed by atoms with van der Waals surface area (Å²) >= 11 is 7.17. The highest BCUT2D eigenvalue weighted by Gasteiger charge is 2.53. The van der Waals surface area contributed by atoms with E-state index in [0.29, 0.717) is 21.5 Å². The van der Waals surface area contributed by atoms with Gasteiger partial charge in [0.25, 0.3) is 0 Å². The van der Waals surface area contributed by atoms with Crippen molar-refractivity contribution in [2.45, 2.75) is 32.4 Å². The number of rotatable bonds is 4. The molecule has 0 bridgehead atoms. The van der Waals surface area contributed by atoms with Gasteiger partial charge in [-0.25, -0.2) is 18.6 Å². The molecule has 0 amide bonds. The molecule has 0 spiro atoms. The molecule has 4 rings (SSSR count). The van der Waals surface area contributed by atoms with Crippen LogP contribution >= 0.6 is 23.4 Å². The number of fused-ring (bicyclic) bond motifs is 1. The van der Waals surface area contributed by atoms with E-state index >= 15 is 0 Å². The van der Waals surface area contributed by atoms with Gasteiger partial charge in [0.15, 0.2) is 16.8 Å². The second-order valence-electron chi connectivity index (χ2n) is 7.77. The summed E-state index contributed by atoms with van der Waals surface area (Å²) in [6.45, 7) is 5.70. The second-order valence-corrected chi connectivity index (χ2v) is 9.19. The summed E-state index contributed by atoms with van der Waals surface area (Å²) in [5, 5.41) is 10.8. The minimum absolute atomic E-state index is 0.0848. The number of aliphatic carboxylic acids is 1. The Hall–Kier alpha value is -2.38. The maximum atomic E-state index is 14.1. The van der Waals surface area contributed by atoms with Crippen LogP contribution < -0.4 is 0 Å². The van der Waals surface area contributed by atoms with E-state index in [-0.39, 0.29) is 10.8 Å². The molecule has 0 fully saturated rings. The number of carboxylic acid groups (broad SMARTS) is 1. The van der Waals surface area contributed by atoms with Gasteiger partial charge in [-0.1, -0.05) is 43.6 Å². The van der Waals surface area contributed by atoms with Crippen molar-refractivity contribution >= 4 is 34.5 Å². The highest BCUT2D eigenvalue weighted by Crippen LogP contribution is 2.56. The molecular weight excluding hydrogens is 430 g/mol. The third-order valence-electron chi connectivity index (χ3n) is 5.44. The van der Waals surface area contributed by atoms with Crippen LogP contribution in [-0.2, 0) is 10.3 Å². The van der Waals surface area contributed by atoms with Gasteiger partial charge in [-0.05, 0) is 60.0 Å². The van der Waals surface area contributed by atoms with Gasteiger partial charge in [0, 0.05) is 10.7 Å². The number of carbonyl (C=O) groups is 1. The minimum Gasteiger partial charge on any atom is -0.477 e. The summed E-state index contributed by atoms with van der Waals surface area (Å²) in [6, 6.07) is 10.5. The number of aliphatic imine (C=N–C) groups is 1. The average Bonchev–Trinajstić information content (AvgIpc) is 3.17. The van der Waals surface area contributed by atoms with Crippen molar-refractivity contribution in [3.05, 3.63) is 80.9 Å². The van der Waals surface area contributed by atoms with E-state index in [9.17, 15) is 18.7 Å². The first-order valence-corrected chi connectivity index (χ1v) is 10.6. The van der Waals surface area contributed by atoms with Gasteiger partial charge < -0.3 is 10.0 Å². The molecule has 1 N–H and O–H groups in total. The Morgan fingerprint density at radius 1 is 1.20 bits per heavy atom. The Kier molecular flexibility index (Phi) is 5.14. The molecule has 2 atom stereocenters. The fourth-order valence-electron chi connectivity index (χ4n) is 4.09. The van der Waals surface area contributed by atoms with Crippen molar-refractivity contribution in [1.82, 2.24) is 4.90 Å². The van der Waals surface area contributed by atoms with Crippen molar-refractivity contribution < 1.29 is 18.7 Å². The van der Waals surface area contributed by atoms with Crippen molar-refractivity contribution in [2.75, 3.05) is 0 Å². The van der Waals surface area contributed by atoms with Crippen LogP contribution in [0, 0.1) is 17.6 Å². The number of hydrogen-bond donors (Lipinski definition) is 1. The lowest BCUT2D eigenvalue weighted by atomic mass is 9.81. The van der Waals surface area contributed by atoms with E-state index in [2.05, 4.69) is 0 Å². The number of carboxylic acids is 1. The highest BCUT2D eigenvalue weighted by molar-refractivity contribution is 8.18. The molecule has 2 heterocycles. The number of thioether (sulfide) groups is 1. The molecule has 2 aromatic rings. The van der Waals surface area contributed by atoms with Gasteiger partial charge in [-0.3, -0.25) is 0 Å². The maximum Gasteiger partial charge on any atom is 0.344 e. The lowest BCUT2D eigenvalue weighted by molar-refractivity contribution is -0.131. The third kappa shape index (κ3) is 3.20. The molecule has 8 heteroatoms. The summed E-state index contributed by atoms with van der Waals surface area (Å²) in [5.41, 5.74) is 1.03. The second kappa shape index (κ2) is 7.39. The number of amidine groups is 1. The lowest BCUT2D eigenvalue weighted by Crippen LogP contribution is -2.36. The lowest BCUT2D eigenvalue weighted by Gasteiger charge is -2.37. The predicted molar refractivity (Wildman–Crippen MR) is 114 cm³/mol. The molecule has 0 aliphatic carbocycles.